The Morgan fingerprint density at radius 2 is 1.56 bits per heavy atom. The molecule has 2 aromatic carbocycles. The number of morpholine rings is 1. The van der Waals surface area contributed by atoms with Crippen LogP contribution >= 0.6 is 0 Å². The van der Waals surface area contributed by atoms with Crippen molar-refractivity contribution in [1.82, 2.24) is 10.2 Å². The highest BCUT2D eigenvalue weighted by Gasteiger charge is 2.25. The van der Waals surface area contributed by atoms with E-state index >= 15 is 0 Å². The van der Waals surface area contributed by atoms with Gasteiger partial charge in [0.25, 0.3) is 0 Å². The number of benzene rings is 2. The van der Waals surface area contributed by atoms with Crippen LogP contribution in [0.15, 0.2) is 54.6 Å². The molecule has 0 aliphatic carbocycles. The topological polar surface area (TPSA) is 109 Å². The first kappa shape index (κ1) is 25.2. The van der Waals surface area contributed by atoms with Crippen molar-refractivity contribution in [3.05, 3.63) is 60.2 Å². The first-order valence-corrected chi connectivity index (χ1v) is 11.4. The van der Waals surface area contributed by atoms with E-state index < -0.39 is 12.1 Å². The summed E-state index contributed by atoms with van der Waals surface area (Å²) in [6.45, 7) is 6.87. The molecule has 3 N–H and O–H groups in total. The first-order valence-electron chi connectivity index (χ1n) is 11.4. The van der Waals surface area contributed by atoms with E-state index in [2.05, 4.69) is 16.0 Å². The largest absolute Gasteiger partial charge is 0.445 e. The zero-order chi connectivity index (χ0) is 24.3. The number of ether oxygens (including phenoxy) is 2. The number of rotatable bonds is 9. The maximum atomic E-state index is 12.8. The van der Waals surface area contributed by atoms with Gasteiger partial charge in [0.05, 0.1) is 19.8 Å². The highest BCUT2D eigenvalue weighted by molar-refractivity contribution is 5.97. The van der Waals surface area contributed by atoms with Crippen molar-refractivity contribution in [3.8, 4) is 0 Å². The van der Waals surface area contributed by atoms with Crippen LogP contribution in [0.3, 0.4) is 0 Å². The van der Waals surface area contributed by atoms with Crippen LogP contribution < -0.4 is 16.0 Å². The molecule has 1 fully saturated rings. The molecule has 1 atom stereocenters. The van der Waals surface area contributed by atoms with Gasteiger partial charge >= 0.3 is 6.09 Å². The molecule has 34 heavy (non-hydrogen) atoms. The molecule has 1 heterocycles. The monoisotopic (exact) mass is 468 g/mol. The van der Waals surface area contributed by atoms with Crippen LogP contribution in [0, 0.1) is 5.92 Å². The molecule has 182 valence electrons. The fourth-order valence-corrected chi connectivity index (χ4v) is 3.45. The summed E-state index contributed by atoms with van der Waals surface area (Å²) in [5, 5.41) is 8.30. The molecule has 3 amide bonds. The Morgan fingerprint density at radius 1 is 0.941 bits per heavy atom. The van der Waals surface area contributed by atoms with E-state index in [1.54, 1.807) is 24.3 Å². The van der Waals surface area contributed by atoms with Crippen molar-refractivity contribution in [2.24, 2.45) is 5.92 Å². The van der Waals surface area contributed by atoms with Crippen molar-refractivity contribution in [1.29, 1.82) is 0 Å². The molecule has 0 radical (unpaired) electrons. The van der Waals surface area contributed by atoms with Crippen LogP contribution in [-0.4, -0.2) is 61.7 Å². The molecule has 0 aromatic heterocycles. The summed E-state index contributed by atoms with van der Waals surface area (Å²) in [5.74, 6) is -0.601. The summed E-state index contributed by atoms with van der Waals surface area (Å²) in [7, 11) is 0. The second-order valence-electron chi connectivity index (χ2n) is 8.43. The summed E-state index contributed by atoms with van der Waals surface area (Å²) in [6, 6.07) is 15.4. The Labute approximate surface area is 199 Å². The van der Waals surface area contributed by atoms with Crippen molar-refractivity contribution in [3.63, 3.8) is 0 Å². The molecule has 1 aliphatic rings. The highest BCUT2D eigenvalue weighted by Crippen LogP contribution is 2.15. The van der Waals surface area contributed by atoms with Crippen LogP contribution in [0.4, 0.5) is 16.2 Å². The van der Waals surface area contributed by atoms with Crippen LogP contribution in [-0.2, 0) is 25.7 Å². The van der Waals surface area contributed by atoms with Crippen molar-refractivity contribution < 1.29 is 23.9 Å². The average molecular weight is 469 g/mol. The van der Waals surface area contributed by atoms with Crippen LogP contribution in [0.25, 0.3) is 0 Å². The molecule has 3 rings (SSSR count). The Morgan fingerprint density at radius 3 is 2.18 bits per heavy atom. The smallest absolute Gasteiger partial charge is 0.408 e. The van der Waals surface area contributed by atoms with E-state index in [1.807, 2.05) is 49.1 Å². The van der Waals surface area contributed by atoms with Gasteiger partial charge in [-0.15, -0.1) is 0 Å². The molecule has 0 bridgehead atoms. The second kappa shape index (κ2) is 12.7. The number of carbonyl (C=O) groups excluding carboxylic acids is 3. The quantitative estimate of drug-likeness (QED) is 0.522. The van der Waals surface area contributed by atoms with Gasteiger partial charge in [0.1, 0.15) is 12.6 Å². The van der Waals surface area contributed by atoms with Crippen molar-refractivity contribution >= 4 is 29.3 Å². The third-order valence-electron chi connectivity index (χ3n) is 5.34. The van der Waals surface area contributed by atoms with Crippen molar-refractivity contribution in [2.45, 2.75) is 26.5 Å². The van der Waals surface area contributed by atoms with Gasteiger partial charge in [-0.2, -0.15) is 0 Å². The standard InChI is InChI=1S/C25H32N4O5/c1-18(2)23(28-25(32)34-17-19-6-4-3-5-7-19)24(31)27-21-10-8-20(9-11-21)26-22(30)16-29-12-14-33-15-13-29/h3-11,18,23H,12-17H2,1-2H3,(H,26,30)(H,27,31)(H,28,32)/t23-/m1/s1. The zero-order valence-electron chi connectivity index (χ0n) is 19.6. The molecule has 1 aliphatic heterocycles. The molecule has 9 nitrogen and oxygen atoms in total. The Kier molecular flexibility index (Phi) is 9.42. The molecule has 0 unspecified atom stereocenters. The highest BCUT2D eigenvalue weighted by atomic mass is 16.5. The first-order chi connectivity index (χ1) is 16.4. The summed E-state index contributed by atoms with van der Waals surface area (Å²) < 4.78 is 10.5. The summed E-state index contributed by atoms with van der Waals surface area (Å²) >= 11 is 0. The zero-order valence-corrected chi connectivity index (χ0v) is 19.6. The number of nitrogens with one attached hydrogen (secondary N) is 3. The Bertz CT molecular complexity index is 944. The van der Waals surface area contributed by atoms with Crippen LogP contribution in [0.2, 0.25) is 0 Å². The van der Waals surface area contributed by atoms with Crippen molar-refractivity contribution in [2.75, 3.05) is 43.5 Å². The normalized spacial score (nSPS) is 14.8. The third-order valence-corrected chi connectivity index (χ3v) is 5.34. The van der Waals surface area contributed by atoms with E-state index in [0.29, 0.717) is 31.1 Å². The molecule has 9 heteroatoms. The molecule has 2 aromatic rings. The van der Waals surface area contributed by atoms with Gasteiger partial charge < -0.3 is 25.4 Å². The fourth-order valence-electron chi connectivity index (χ4n) is 3.45. The molecule has 0 saturated carbocycles. The lowest BCUT2D eigenvalue weighted by Gasteiger charge is -2.25. The predicted molar refractivity (Wildman–Crippen MR) is 129 cm³/mol. The Hall–Kier alpha value is -3.43. The summed E-state index contributed by atoms with van der Waals surface area (Å²) in [4.78, 5) is 39.3. The maximum Gasteiger partial charge on any atom is 0.408 e. The van der Waals surface area contributed by atoms with Gasteiger partial charge in [0.2, 0.25) is 11.8 Å². The lowest BCUT2D eigenvalue weighted by atomic mass is 10.0. The minimum atomic E-state index is -0.767. The average Bonchev–Trinajstić information content (AvgIpc) is 2.83. The van der Waals surface area contributed by atoms with Gasteiger partial charge in [-0.1, -0.05) is 44.2 Å². The predicted octanol–water partition coefficient (Wildman–Crippen LogP) is 2.85. The molecular weight excluding hydrogens is 436 g/mol. The number of nitrogens with zero attached hydrogens (tertiary/aromatic N) is 1. The minimum absolute atomic E-state index is 0.100. The van der Waals surface area contributed by atoms with Gasteiger partial charge in [0, 0.05) is 24.5 Å². The van der Waals surface area contributed by atoms with Crippen LogP contribution in [0.1, 0.15) is 19.4 Å². The second-order valence-corrected chi connectivity index (χ2v) is 8.43. The summed E-state index contributed by atoms with van der Waals surface area (Å²) in [6.07, 6.45) is -0.656. The number of carbonyl (C=O) groups is 3. The van der Waals surface area contributed by atoms with E-state index in [0.717, 1.165) is 18.7 Å². The lowest BCUT2D eigenvalue weighted by Crippen LogP contribution is -2.47. The van der Waals surface area contributed by atoms with Crippen LogP contribution in [0.5, 0.6) is 0 Å². The minimum Gasteiger partial charge on any atom is -0.445 e. The molecule has 0 spiro atoms. The number of hydrogen-bond acceptors (Lipinski definition) is 6. The van der Waals surface area contributed by atoms with E-state index in [4.69, 9.17) is 9.47 Å². The van der Waals surface area contributed by atoms with E-state index in [-0.39, 0.29) is 24.3 Å². The molecular formula is C25H32N4O5. The summed E-state index contributed by atoms with van der Waals surface area (Å²) in [5.41, 5.74) is 2.06. The SMILES string of the molecule is CC(C)[C@@H](NC(=O)OCc1ccccc1)C(=O)Nc1ccc(NC(=O)CN2CCOCC2)cc1. The van der Waals surface area contributed by atoms with Gasteiger partial charge in [-0.25, -0.2) is 4.79 Å². The number of amides is 3. The lowest BCUT2D eigenvalue weighted by molar-refractivity contribution is -0.119. The maximum absolute atomic E-state index is 12.8. The molecule has 1 saturated heterocycles. The third kappa shape index (κ3) is 8.17. The van der Waals surface area contributed by atoms with E-state index in [9.17, 15) is 14.4 Å². The Balaban J connectivity index is 1.47. The van der Waals surface area contributed by atoms with Gasteiger partial charge in [0.15, 0.2) is 0 Å². The van der Waals surface area contributed by atoms with Gasteiger partial charge in [-0.05, 0) is 35.7 Å². The van der Waals surface area contributed by atoms with Gasteiger partial charge in [-0.3, -0.25) is 14.5 Å². The number of anilines is 2. The van der Waals surface area contributed by atoms with E-state index in [1.165, 1.54) is 0 Å². The number of hydrogen-bond donors (Lipinski definition) is 3. The fraction of sp³-hybridized carbons (Fsp3) is 0.400. The number of alkyl carbamates (subject to hydrolysis) is 1.